The van der Waals surface area contributed by atoms with E-state index in [0.717, 1.165) is 27.0 Å². The minimum Gasteiger partial charge on any atom is -0.358 e. The molecule has 8 heteroatoms. The molecule has 164 valence electrons. The molecule has 7 nitrogen and oxygen atoms in total. The SMILES string of the molecule is Cc1ccc(-c2nn(Cn3nc([N+](=O)[O-])cc3C)c(-c3ccc(C)c(C)c3)c2Br)cc1C. The number of rotatable bonds is 5. The third-order valence-electron chi connectivity index (χ3n) is 5.88. The van der Waals surface area contributed by atoms with Crippen LogP contribution in [0.2, 0.25) is 0 Å². The molecule has 0 aliphatic heterocycles. The zero-order valence-electron chi connectivity index (χ0n) is 18.7. The van der Waals surface area contributed by atoms with E-state index in [4.69, 9.17) is 5.10 Å². The van der Waals surface area contributed by atoms with Crippen molar-refractivity contribution in [2.24, 2.45) is 0 Å². The molecule has 2 heterocycles. The molecular weight excluding hydrogens is 470 g/mol. The predicted molar refractivity (Wildman–Crippen MR) is 129 cm³/mol. The summed E-state index contributed by atoms with van der Waals surface area (Å²) >= 11 is 3.80. The molecule has 0 radical (unpaired) electrons. The highest BCUT2D eigenvalue weighted by molar-refractivity contribution is 9.10. The lowest BCUT2D eigenvalue weighted by Crippen LogP contribution is -2.13. The van der Waals surface area contributed by atoms with E-state index in [9.17, 15) is 10.1 Å². The van der Waals surface area contributed by atoms with Crippen LogP contribution in [0, 0.1) is 44.7 Å². The summed E-state index contributed by atoms with van der Waals surface area (Å²) in [5, 5.41) is 20.2. The van der Waals surface area contributed by atoms with E-state index < -0.39 is 4.92 Å². The molecule has 0 saturated carbocycles. The van der Waals surface area contributed by atoms with Crippen molar-refractivity contribution < 1.29 is 4.92 Å². The van der Waals surface area contributed by atoms with Crippen LogP contribution in [-0.2, 0) is 6.67 Å². The molecule has 0 spiro atoms. The van der Waals surface area contributed by atoms with Crippen molar-refractivity contribution in [3.63, 3.8) is 0 Å². The van der Waals surface area contributed by atoms with Crippen molar-refractivity contribution in [3.05, 3.63) is 85.0 Å². The van der Waals surface area contributed by atoms with Crippen LogP contribution < -0.4 is 0 Å². The van der Waals surface area contributed by atoms with Gasteiger partial charge in [-0.3, -0.25) is 0 Å². The van der Waals surface area contributed by atoms with Crippen LogP contribution in [0.25, 0.3) is 22.5 Å². The average molecular weight is 494 g/mol. The van der Waals surface area contributed by atoms with E-state index in [1.807, 2.05) is 4.68 Å². The summed E-state index contributed by atoms with van der Waals surface area (Å²) in [7, 11) is 0. The first-order valence-electron chi connectivity index (χ1n) is 10.3. The lowest BCUT2D eigenvalue weighted by molar-refractivity contribution is -0.389. The van der Waals surface area contributed by atoms with Gasteiger partial charge in [-0.05, 0) is 89.9 Å². The molecule has 0 unspecified atom stereocenters. The van der Waals surface area contributed by atoms with Crippen molar-refractivity contribution in [1.82, 2.24) is 19.6 Å². The van der Waals surface area contributed by atoms with Gasteiger partial charge in [0.1, 0.15) is 5.69 Å². The number of hydrogen-bond donors (Lipinski definition) is 0. The van der Waals surface area contributed by atoms with E-state index in [2.05, 4.69) is 85.1 Å². The van der Waals surface area contributed by atoms with Crippen molar-refractivity contribution in [2.75, 3.05) is 0 Å². The van der Waals surface area contributed by atoms with E-state index in [-0.39, 0.29) is 12.5 Å². The van der Waals surface area contributed by atoms with Crippen molar-refractivity contribution in [1.29, 1.82) is 0 Å². The molecule has 32 heavy (non-hydrogen) atoms. The highest BCUT2D eigenvalue weighted by atomic mass is 79.9. The molecule has 0 fully saturated rings. The second-order valence-corrected chi connectivity index (χ2v) is 8.94. The summed E-state index contributed by atoms with van der Waals surface area (Å²) in [6.45, 7) is 10.4. The maximum absolute atomic E-state index is 11.2. The van der Waals surface area contributed by atoms with Gasteiger partial charge in [-0.1, -0.05) is 24.3 Å². The molecule has 0 amide bonds. The number of nitro groups is 1. The van der Waals surface area contributed by atoms with Crippen molar-refractivity contribution >= 4 is 21.7 Å². The summed E-state index contributed by atoms with van der Waals surface area (Å²) in [5.74, 6) is -0.171. The fraction of sp³-hybridized carbons (Fsp3) is 0.250. The first kappa shape index (κ1) is 22.0. The van der Waals surface area contributed by atoms with Gasteiger partial charge in [0, 0.05) is 11.1 Å². The maximum atomic E-state index is 11.2. The monoisotopic (exact) mass is 493 g/mol. The van der Waals surface area contributed by atoms with E-state index in [1.165, 1.54) is 28.3 Å². The third-order valence-corrected chi connectivity index (χ3v) is 6.63. The van der Waals surface area contributed by atoms with Gasteiger partial charge in [-0.15, -0.1) is 0 Å². The second kappa shape index (κ2) is 8.35. The molecule has 0 bridgehead atoms. The van der Waals surface area contributed by atoms with Gasteiger partial charge in [0.15, 0.2) is 6.67 Å². The minimum absolute atomic E-state index is 0.171. The van der Waals surface area contributed by atoms with Gasteiger partial charge in [-0.2, -0.15) is 9.78 Å². The largest absolute Gasteiger partial charge is 0.390 e. The molecule has 4 rings (SSSR count). The van der Waals surface area contributed by atoms with E-state index in [0.29, 0.717) is 5.69 Å². The zero-order chi connectivity index (χ0) is 23.2. The Hall–Kier alpha value is -3.26. The summed E-state index contributed by atoms with van der Waals surface area (Å²) < 4.78 is 4.33. The van der Waals surface area contributed by atoms with Crippen LogP contribution >= 0.6 is 15.9 Å². The molecule has 0 aliphatic rings. The molecule has 0 saturated heterocycles. The van der Waals surface area contributed by atoms with Crippen LogP contribution in [0.3, 0.4) is 0 Å². The molecule has 0 aliphatic carbocycles. The Balaban J connectivity index is 1.89. The molecule has 2 aromatic carbocycles. The molecular formula is C24H24BrN5O2. The molecule has 0 N–H and O–H groups in total. The van der Waals surface area contributed by atoms with Crippen LogP contribution in [0.1, 0.15) is 27.9 Å². The first-order valence-corrected chi connectivity index (χ1v) is 11.1. The van der Waals surface area contributed by atoms with Crippen molar-refractivity contribution in [3.8, 4) is 22.5 Å². The minimum atomic E-state index is -0.479. The lowest BCUT2D eigenvalue weighted by atomic mass is 10.0. The smallest absolute Gasteiger partial charge is 0.358 e. The van der Waals surface area contributed by atoms with Crippen LogP contribution in [-0.4, -0.2) is 24.5 Å². The summed E-state index contributed by atoms with van der Waals surface area (Å²) in [6.07, 6.45) is 0. The Bertz CT molecular complexity index is 1350. The standard InChI is InChI=1S/C24H24BrN5O2/c1-14-6-8-19(10-16(14)3)23-22(25)24(20-9-7-15(2)17(4)11-20)29(27-23)13-28-18(5)12-21(26-28)30(31)32/h6-12H,13H2,1-5H3. The Morgan fingerprint density at radius 3 is 2.00 bits per heavy atom. The number of nitrogens with zero attached hydrogens (tertiary/aromatic N) is 5. The Morgan fingerprint density at radius 1 is 0.844 bits per heavy atom. The third kappa shape index (κ3) is 3.98. The second-order valence-electron chi connectivity index (χ2n) is 8.15. The summed E-state index contributed by atoms with van der Waals surface area (Å²) in [5.41, 5.74) is 9.24. The van der Waals surface area contributed by atoms with Crippen LogP contribution in [0.15, 0.2) is 46.9 Å². The van der Waals surface area contributed by atoms with E-state index >= 15 is 0 Å². The lowest BCUT2D eigenvalue weighted by Gasteiger charge is -2.09. The van der Waals surface area contributed by atoms with E-state index in [1.54, 1.807) is 11.6 Å². The predicted octanol–water partition coefficient (Wildman–Crippen LogP) is 6.13. The highest BCUT2D eigenvalue weighted by Gasteiger charge is 2.22. The van der Waals surface area contributed by atoms with Crippen LogP contribution in [0.5, 0.6) is 0 Å². The van der Waals surface area contributed by atoms with Crippen molar-refractivity contribution in [2.45, 2.75) is 41.3 Å². The van der Waals surface area contributed by atoms with Gasteiger partial charge in [-0.25, -0.2) is 4.68 Å². The molecule has 2 aromatic heterocycles. The van der Waals surface area contributed by atoms with Gasteiger partial charge in [0.25, 0.3) is 0 Å². The maximum Gasteiger partial charge on any atom is 0.390 e. The number of aromatic nitrogens is 4. The average Bonchev–Trinajstić information content (AvgIpc) is 3.26. The fourth-order valence-corrected chi connectivity index (χ4v) is 4.37. The first-order chi connectivity index (χ1) is 15.2. The number of benzene rings is 2. The normalized spacial score (nSPS) is 11.2. The Kier molecular flexibility index (Phi) is 5.73. The number of hydrogen-bond acceptors (Lipinski definition) is 4. The number of aryl methyl sites for hydroxylation is 5. The number of halogens is 1. The van der Waals surface area contributed by atoms with Gasteiger partial charge < -0.3 is 10.1 Å². The molecule has 0 atom stereocenters. The van der Waals surface area contributed by atoms with Crippen LogP contribution in [0.4, 0.5) is 5.82 Å². The molecule has 4 aromatic rings. The Labute approximate surface area is 195 Å². The summed E-state index contributed by atoms with van der Waals surface area (Å²) in [4.78, 5) is 10.7. The highest BCUT2D eigenvalue weighted by Crippen LogP contribution is 2.38. The summed E-state index contributed by atoms with van der Waals surface area (Å²) in [6, 6.07) is 14.0. The quantitative estimate of drug-likeness (QED) is 0.247. The van der Waals surface area contributed by atoms with Gasteiger partial charge in [0.05, 0.1) is 27.0 Å². The van der Waals surface area contributed by atoms with Gasteiger partial charge >= 0.3 is 5.82 Å². The fourth-order valence-electron chi connectivity index (χ4n) is 3.63. The topological polar surface area (TPSA) is 78.8 Å². The van der Waals surface area contributed by atoms with Gasteiger partial charge in [0.2, 0.25) is 0 Å². The Morgan fingerprint density at radius 2 is 1.44 bits per heavy atom. The zero-order valence-corrected chi connectivity index (χ0v) is 20.3.